The minimum Gasteiger partial charge on any atom is -0.496 e. The standard InChI is InChI=1S/C15H17IN2O/c1-10-3-8-14(19-2)13(9-10)15(18-17)11-4-6-12(16)7-5-11/h3-9,15,18H,17H2,1-2H3. The maximum atomic E-state index is 5.74. The van der Waals surface area contributed by atoms with Crippen molar-refractivity contribution in [2.45, 2.75) is 13.0 Å². The summed E-state index contributed by atoms with van der Waals surface area (Å²) in [4.78, 5) is 0. The van der Waals surface area contributed by atoms with E-state index in [1.165, 1.54) is 9.13 Å². The Morgan fingerprint density at radius 2 is 1.84 bits per heavy atom. The monoisotopic (exact) mass is 368 g/mol. The zero-order valence-electron chi connectivity index (χ0n) is 11.0. The van der Waals surface area contributed by atoms with Gasteiger partial charge in [0.25, 0.3) is 0 Å². The van der Waals surface area contributed by atoms with Gasteiger partial charge in [-0.2, -0.15) is 0 Å². The van der Waals surface area contributed by atoms with E-state index in [1.54, 1.807) is 7.11 Å². The molecule has 0 heterocycles. The normalized spacial score (nSPS) is 12.2. The Hall–Kier alpha value is -1.11. The molecular weight excluding hydrogens is 351 g/mol. The molecule has 3 N–H and O–H groups in total. The minimum atomic E-state index is -0.0770. The molecule has 0 saturated carbocycles. The minimum absolute atomic E-state index is 0.0770. The largest absolute Gasteiger partial charge is 0.496 e. The van der Waals surface area contributed by atoms with Crippen molar-refractivity contribution in [3.8, 4) is 5.75 Å². The highest BCUT2D eigenvalue weighted by Gasteiger charge is 2.17. The van der Waals surface area contributed by atoms with Crippen LogP contribution in [0.1, 0.15) is 22.7 Å². The van der Waals surface area contributed by atoms with Gasteiger partial charge in [0.2, 0.25) is 0 Å². The molecule has 2 aromatic rings. The SMILES string of the molecule is COc1ccc(C)cc1C(NN)c1ccc(I)cc1. The smallest absolute Gasteiger partial charge is 0.124 e. The molecule has 0 aliphatic heterocycles. The fourth-order valence-electron chi connectivity index (χ4n) is 2.10. The van der Waals surface area contributed by atoms with Gasteiger partial charge in [0.1, 0.15) is 5.75 Å². The molecule has 0 amide bonds. The Bertz CT molecular complexity index is 555. The van der Waals surface area contributed by atoms with Gasteiger partial charge in [-0.3, -0.25) is 5.84 Å². The summed E-state index contributed by atoms with van der Waals surface area (Å²) in [6, 6.07) is 14.3. The Morgan fingerprint density at radius 1 is 1.16 bits per heavy atom. The Kier molecular flexibility index (Phi) is 4.79. The second-order valence-electron chi connectivity index (χ2n) is 4.40. The molecule has 0 aromatic heterocycles. The summed E-state index contributed by atoms with van der Waals surface area (Å²) in [6.07, 6.45) is 0. The predicted octanol–water partition coefficient (Wildman–Crippen LogP) is 3.16. The molecule has 1 unspecified atom stereocenters. The van der Waals surface area contributed by atoms with Crippen molar-refractivity contribution in [1.82, 2.24) is 5.43 Å². The van der Waals surface area contributed by atoms with Crippen molar-refractivity contribution in [2.75, 3.05) is 7.11 Å². The van der Waals surface area contributed by atoms with Gasteiger partial charge < -0.3 is 4.74 Å². The lowest BCUT2D eigenvalue weighted by molar-refractivity contribution is 0.404. The number of aryl methyl sites for hydroxylation is 1. The molecule has 0 radical (unpaired) electrons. The molecule has 0 bridgehead atoms. The summed E-state index contributed by atoms with van der Waals surface area (Å²) >= 11 is 2.29. The number of hydrogen-bond donors (Lipinski definition) is 2. The highest BCUT2D eigenvalue weighted by Crippen LogP contribution is 2.30. The van der Waals surface area contributed by atoms with E-state index in [-0.39, 0.29) is 6.04 Å². The number of ether oxygens (including phenoxy) is 1. The van der Waals surface area contributed by atoms with Gasteiger partial charge in [0.05, 0.1) is 13.2 Å². The van der Waals surface area contributed by atoms with Crippen molar-refractivity contribution in [2.24, 2.45) is 5.84 Å². The first-order chi connectivity index (χ1) is 9.15. The quantitative estimate of drug-likeness (QED) is 0.495. The topological polar surface area (TPSA) is 47.3 Å². The third-order valence-corrected chi connectivity index (χ3v) is 3.79. The van der Waals surface area contributed by atoms with E-state index >= 15 is 0 Å². The van der Waals surface area contributed by atoms with Crippen molar-refractivity contribution < 1.29 is 4.74 Å². The average Bonchev–Trinajstić information content (AvgIpc) is 2.42. The molecule has 0 aliphatic carbocycles. The van der Waals surface area contributed by atoms with Crippen LogP contribution in [0.15, 0.2) is 42.5 Å². The Labute approximate surface area is 127 Å². The number of nitrogens with one attached hydrogen (secondary N) is 1. The third kappa shape index (κ3) is 3.26. The van der Waals surface area contributed by atoms with E-state index in [4.69, 9.17) is 10.6 Å². The summed E-state index contributed by atoms with van der Waals surface area (Å²) in [7, 11) is 1.68. The predicted molar refractivity (Wildman–Crippen MR) is 86.1 cm³/mol. The first-order valence-corrected chi connectivity index (χ1v) is 7.09. The number of rotatable bonds is 4. The summed E-state index contributed by atoms with van der Waals surface area (Å²) in [5, 5.41) is 0. The van der Waals surface area contributed by atoms with E-state index in [0.717, 1.165) is 16.9 Å². The molecule has 2 aromatic carbocycles. The van der Waals surface area contributed by atoms with Crippen molar-refractivity contribution in [3.63, 3.8) is 0 Å². The van der Waals surface area contributed by atoms with Gasteiger partial charge in [-0.15, -0.1) is 0 Å². The van der Waals surface area contributed by atoms with E-state index in [0.29, 0.717) is 0 Å². The van der Waals surface area contributed by atoms with Crippen molar-refractivity contribution in [1.29, 1.82) is 0 Å². The number of benzene rings is 2. The van der Waals surface area contributed by atoms with Gasteiger partial charge in [0.15, 0.2) is 0 Å². The Balaban J connectivity index is 2.47. The summed E-state index contributed by atoms with van der Waals surface area (Å²) in [5.74, 6) is 6.58. The van der Waals surface area contributed by atoms with Gasteiger partial charge in [0, 0.05) is 9.13 Å². The number of halogens is 1. The molecule has 19 heavy (non-hydrogen) atoms. The second-order valence-corrected chi connectivity index (χ2v) is 5.64. The lowest BCUT2D eigenvalue weighted by Crippen LogP contribution is -2.29. The number of methoxy groups -OCH3 is 1. The molecule has 0 fully saturated rings. The zero-order valence-corrected chi connectivity index (χ0v) is 13.1. The molecule has 2 rings (SSSR count). The van der Waals surface area contributed by atoms with E-state index in [1.807, 2.05) is 12.1 Å². The van der Waals surface area contributed by atoms with Gasteiger partial charge in [-0.1, -0.05) is 29.8 Å². The maximum absolute atomic E-state index is 5.74. The molecule has 0 saturated heterocycles. The average molecular weight is 368 g/mol. The van der Waals surface area contributed by atoms with Crippen LogP contribution in [0.4, 0.5) is 0 Å². The van der Waals surface area contributed by atoms with Crippen LogP contribution in [0.25, 0.3) is 0 Å². The first-order valence-electron chi connectivity index (χ1n) is 6.02. The third-order valence-electron chi connectivity index (χ3n) is 3.07. The molecule has 0 aliphatic rings. The van der Waals surface area contributed by atoms with Crippen LogP contribution in [0, 0.1) is 10.5 Å². The van der Waals surface area contributed by atoms with Crippen LogP contribution >= 0.6 is 22.6 Å². The Morgan fingerprint density at radius 3 is 2.42 bits per heavy atom. The van der Waals surface area contributed by atoms with Crippen LogP contribution in [-0.2, 0) is 0 Å². The second kappa shape index (κ2) is 6.36. The zero-order chi connectivity index (χ0) is 13.8. The van der Waals surface area contributed by atoms with Crippen LogP contribution in [0.2, 0.25) is 0 Å². The molecule has 100 valence electrons. The lowest BCUT2D eigenvalue weighted by Gasteiger charge is -2.20. The van der Waals surface area contributed by atoms with E-state index < -0.39 is 0 Å². The summed E-state index contributed by atoms with van der Waals surface area (Å²) in [5.41, 5.74) is 6.22. The fourth-order valence-corrected chi connectivity index (χ4v) is 2.46. The van der Waals surface area contributed by atoms with Crippen LogP contribution in [0.3, 0.4) is 0 Å². The number of nitrogens with two attached hydrogens (primary N) is 1. The summed E-state index contributed by atoms with van der Waals surface area (Å²) < 4.78 is 6.63. The van der Waals surface area contributed by atoms with Crippen LogP contribution in [0.5, 0.6) is 5.75 Å². The maximum Gasteiger partial charge on any atom is 0.124 e. The first kappa shape index (κ1) is 14.3. The van der Waals surface area contributed by atoms with Crippen LogP contribution < -0.4 is 16.0 Å². The highest BCUT2D eigenvalue weighted by molar-refractivity contribution is 14.1. The van der Waals surface area contributed by atoms with E-state index in [9.17, 15) is 0 Å². The van der Waals surface area contributed by atoms with Crippen LogP contribution in [-0.4, -0.2) is 7.11 Å². The summed E-state index contributed by atoms with van der Waals surface area (Å²) in [6.45, 7) is 2.06. The van der Waals surface area contributed by atoms with Gasteiger partial charge in [-0.25, -0.2) is 5.43 Å². The van der Waals surface area contributed by atoms with E-state index in [2.05, 4.69) is 65.3 Å². The van der Waals surface area contributed by atoms with Gasteiger partial charge >= 0.3 is 0 Å². The molecule has 1 atom stereocenters. The molecule has 4 heteroatoms. The fraction of sp³-hybridized carbons (Fsp3) is 0.200. The highest BCUT2D eigenvalue weighted by atomic mass is 127. The van der Waals surface area contributed by atoms with Crippen molar-refractivity contribution in [3.05, 3.63) is 62.7 Å². The lowest BCUT2D eigenvalue weighted by atomic mass is 9.97. The molecule has 3 nitrogen and oxygen atoms in total. The molecular formula is C15H17IN2O. The number of hydrogen-bond acceptors (Lipinski definition) is 3. The number of hydrazine groups is 1. The molecule has 0 spiro atoms. The van der Waals surface area contributed by atoms with Crippen molar-refractivity contribution >= 4 is 22.6 Å². The van der Waals surface area contributed by atoms with Gasteiger partial charge in [-0.05, 0) is 53.3 Å².